The molecule has 0 spiro atoms. The average molecular weight is 456 g/mol. The summed E-state index contributed by atoms with van der Waals surface area (Å²) in [5.74, 6) is 2.22. The Kier molecular flexibility index (Phi) is 9.55. The number of hydrogen-bond acceptors (Lipinski definition) is 6. The number of amides is 1. The van der Waals surface area contributed by atoms with Gasteiger partial charge in [0, 0.05) is 38.2 Å². The lowest BCUT2D eigenvalue weighted by atomic mass is 10.0. The molecule has 1 aromatic heterocycles. The number of benzene rings is 1. The van der Waals surface area contributed by atoms with E-state index in [4.69, 9.17) is 4.52 Å². The molecule has 2 unspecified atom stereocenters. The fourth-order valence-electron chi connectivity index (χ4n) is 4.07. The molecule has 9 heteroatoms. The molecule has 166 valence electrons. The zero-order valence-corrected chi connectivity index (χ0v) is 19.0. The second kappa shape index (κ2) is 11.6. The minimum Gasteiger partial charge on any atom is -0.340 e. The van der Waals surface area contributed by atoms with E-state index in [0.717, 1.165) is 51.3 Å². The highest BCUT2D eigenvalue weighted by molar-refractivity contribution is 5.85. The maximum absolute atomic E-state index is 12.5. The molecule has 4 rings (SSSR count). The molecule has 1 amide bonds. The summed E-state index contributed by atoms with van der Waals surface area (Å²) < 4.78 is 5.51. The van der Waals surface area contributed by atoms with E-state index in [1.165, 1.54) is 6.42 Å². The van der Waals surface area contributed by atoms with Crippen LogP contribution in [0.2, 0.25) is 0 Å². The molecule has 0 radical (unpaired) electrons. The van der Waals surface area contributed by atoms with Crippen LogP contribution < -0.4 is 5.32 Å². The van der Waals surface area contributed by atoms with Crippen molar-refractivity contribution in [1.29, 1.82) is 0 Å². The second-order valence-electron chi connectivity index (χ2n) is 7.81. The van der Waals surface area contributed by atoms with Crippen molar-refractivity contribution in [2.75, 3.05) is 39.3 Å². The summed E-state index contributed by atoms with van der Waals surface area (Å²) in [7, 11) is 0. The van der Waals surface area contributed by atoms with E-state index >= 15 is 0 Å². The van der Waals surface area contributed by atoms with Crippen molar-refractivity contribution in [2.45, 2.75) is 32.2 Å². The first-order valence-corrected chi connectivity index (χ1v) is 10.3. The quantitative estimate of drug-likeness (QED) is 0.720. The minimum absolute atomic E-state index is 0. The van der Waals surface area contributed by atoms with Crippen LogP contribution in [0, 0.1) is 5.92 Å². The highest BCUT2D eigenvalue weighted by atomic mass is 35.5. The van der Waals surface area contributed by atoms with E-state index in [1.54, 1.807) is 0 Å². The number of nitrogens with zero attached hydrogens (tertiary/aromatic N) is 4. The average Bonchev–Trinajstić information content (AvgIpc) is 3.44. The maximum Gasteiger partial charge on any atom is 0.244 e. The fourth-order valence-corrected chi connectivity index (χ4v) is 4.07. The third kappa shape index (κ3) is 5.94. The molecule has 2 aliphatic heterocycles. The monoisotopic (exact) mass is 455 g/mol. The van der Waals surface area contributed by atoms with Gasteiger partial charge in [0.1, 0.15) is 0 Å². The number of piperazine rings is 1. The summed E-state index contributed by atoms with van der Waals surface area (Å²) in [6, 6.07) is 9.91. The Morgan fingerprint density at radius 2 is 1.93 bits per heavy atom. The highest BCUT2D eigenvalue weighted by Crippen LogP contribution is 2.24. The van der Waals surface area contributed by atoms with Crippen molar-refractivity contribution < 1.29 is 9.32 Å². The van der Waals surface area contributed by atoms with Crippen molar-refractivity contribution in [3.8, 4) is 11.4 Å². The van der Waals surface area contributed by atoms with E-state index in [-0.39, 0.29) is 30.9 Å². The van der Waals surface area contributed by atoms with Crippen molar-refractivity contribution in [2.24, 2.45) is 5.92 Å². The van der Waals surface area contributed by atoms with E-state index in [9.17, 15) is 4.79 Å². The molecule has 2 fully saturated rings. The molecule has 2 atom stereocenters. The normalized spacial score (nSPS) is 20.3. The molecule has 30 heavy (non-hydrogen) atoms. The number of nitrogens with one attached hydrogen (secondary N) is 1. The van der Waals surface area contributed by atoms with Gasteiger partial charge in [0.25, 0.3) is 0 Å². The van der Waals surface area contributed by atoms with Gasteiger partial charge in [-0.1, -0.05) is 35.5 Å². The van der Waals surface area contributed by atoms with Crippen molar-refractivity contribution in [1.82, 2.24) is 25.3 Å². The lowest BCUT2D eigenvalue weighted by Gasteiger charge is -2.37. The molecule has 2 aliphatic rings. The van der Waals surface area contributed by atoms with Crippen LogP contribution in [0.3, 0.4) is 0 Å². The van der Waals surface area contributed by atoms with Crippen LogP contribution in [0.25, 0.3) is 11.4 Å². The number of rotatable bonds is 6. The predicted molar refractivity (Wildman–Crippen MR) is 121 cm³/mol. The summed E-state index contributed by atoms with van der Waals surface area (Å²) in [5.41, 5.74) is 0.956. The Hall–Kier alpha value is -1.67. The summed E-state index contributed by atoms with van der Waals surface area (Å²) in [5, 5.41) is 7.50. The molecule has 0 saturated carbocycles. The standard InChI is InChI=1S/C21H29N5O2.2ClH/c1-16(21-23-20(24-28-21)18-5-3-2-4-6-18)25-11-13-26(14-12-25)19(27)8-7-17-9-10-22-15-17;;/h2-6,16-17,22H,7-15H2,1H3;2*1H. The van der Waals surface area contributed by atoms with Gasteiger partial charge in [0.05, 0.1) is 6.04 Å². The topological polar surface area (TPSA) is 74.5 Å². The number of halogens is 2. The Balaban J connectivity index is 0.00000160. The lowest BCUT2D eigenvalue weighted by molar-refractivity contribution is -0.133. The maximum atomic E-state index is 12.5. The van der Waals surface area contributed by atoms with Gasteiger partial charge in [0.15, 0.2) is 0 Å². The van der Waals surface area contributed by atoms with Crippen LogP contribution in [0.5, 0.6) is 0 Å². The van der Waals surface area contributed by atoms with E-state index in [2.05, 4.69) is 27.3 Å². The van der Waals surface area contributed by atoms with Crippen molar-refractivity contribution in [3.05, 3.63) is 36.2 Å². The Labute approximate surface area is 190 Å². The molecule has 1 N–H and O–H groups in total. The summed E-state index contributed by atoms with van der Waals surface area (Å²) in [6.07, 6.45) is 2.88. The third-order valence-corrected chi connectivity index (χ3v) is 5.97. The molecule has 0 bridgehead atoms. The van der Waals surface area contributed by atoms with Gasteiger partial charge >= 0.3 is 0 Å². The first-order valence-electron chi connectivity index (χ1n) is 10.3. The first kappa shape index (κ1) is 24.6. The van der Waals surface area contributed by atoms with Gasteiger partial charge in [-0.05, 0) is 38.8 Å². The van der Waals surface area contributed by atoms with Gasteiger partial charge in [-0.25, -0.2) is 0 Å². The van der Waals surface area contributed by atoms with Crippen LogP contribution in [0.1, 0.15) is 38.1 Å². The Morgan fingerprint density at radius 1 is 1.20 bits per heavy atom. The van der Waals surface area contributed by atoms with Gasteiger partial charge in [0.2, 0.25) is 17.6 Å². The second-order valence-corrected chi connectivity index (χ2v) is 7.81. The van der Waals surface area contributed by atoms with Crippen LogP contribution >= 0.6 is 24.8 Å². The largest absolute Gasteiger partial charge is 0.340 e. The minimum atomic E-state index is 0. The van der Waals surface area contributed by atoms with Crippen LogP contribution in [0.4, 0.5) is 0 Å². The zero-order chi connectivity index (χ0) is 19.3. The lowest BCUT2D eigenvalue weighted by Crippen LogP contribution is -2.49. The molecule has 7 nitrogen and oxygen atoms in total. The SMILES string of the molecule is CC(c1nc(-c2ccccc2)no1)N1CCN(C(=O)CCC2CCNC2)CC1.Cl.Cl. The summed E-state index contributed by atoms with van der Waals surface area (Å²) >= 11 is 0. The van der Waals surface area contributed by atoms with Gasteiger partial charge < -0.3 is 14.7 Å². The van der Waals surface area contributed by atoms with Crippen molar-refractivity contribution >= 4 is 30.7 Å². The van der Waals surface area contributed by atoms with Crippen molar-refractivity contribution in [3.63, 3.8) is 0 Å². The molecule has 3 heterocycles. The molecule has 0 aliphatic carbocycles. The number of carbonyl (C=O) groups excluding carboxylic acids is 1. The Bertz CT molecular complexity index is 775. The molecular weight excluding hydrogens is 425 g/mol. The third-order valence-electron chi connectivity index (χ3n) is 5.97. The smallest absolute Gasteiger partial charge is 0.244 e. The van der Waals surface area contributed by atoms with Gasteiger partial charge in [-0.3, -0.25) is 9.69 Å². The number of hydrogen-bond donors (Lipinski definition) is 1. The molecular formula is C21H31Cl2N5O2. The molecule has 2 saturated heterocycles. The number of carbonyl (C=O) groups is 1. The summed E-state index contributed by atoms with van der Waals surface area (Å²) in [6.45, 7) is 7.46. The van der Waals surface area contributed by atoms with Crippen LogP contribution in [-0.2, 0) is 4.79 Å². The van der Waals surface area contributed by atoms with Gasteiger partial charge in [-0.15, -0.1) is 24.8 Å². The van der Waals surface area contributed by atoms with E-state index in [0.29, 0.717) is 30.0 Å². The first-order chi connectivity index (χ1) is 13.7. The van der Waals surface area contributed by atoms with E-state index < -0.39 is 0 Å². The predicted octanol–water partition coefficient (Wildman–Crippen LogP) is 3.18. The van der Waals surface area contributed by atoms with Crippen LogP contribution in [0.15, 0.2) is 34.9 Å². The Morgan fingerprint density at radius 3 is 2.60 bits per heavy atom. The highest BCUT2D eigenvalue weighted by Gasteiger charge is 2.28. The fraction of sp³-hybridized carbons (Fsp3) is 0.571. The molecule has 1 aromatic carbocycles. The zero-order valence-electron chi connectivity index (χ0n) is 17.3. The van der Waals surface area contributed by atoms with Gasteiger partial charge in [-0.2, -0.15) is 4.98 Å². The van der Waals surface area contributed by atoms with E-state index in [1.807, 2.05) is 35.2 Å². The summed E-state index contributed by atoms with van der Waals surface area (Å²) in [4.78, 5) is 21.4. The van der Waals surface area contributed by atoms with Crippen LogP contribution in [-0.4, -0.2) is 65.1 Å². The molecule has 2 aromatic rings. The number of aromatic nitrogens is 2.